The van der Waals surface area contributed by atoms with E-state index in [9.17, 15) is 14.4 Å². The first kappa shape index (κ1) is 18.4. The second-order valence-electron chi connectivity index (χ2n) is 5.95. The smallest absolute Gasteiger partial charge is 0.343 e. The highest BCUT2D eigenvalue weighted by Gasteiger charge is 2.12. The van der Waals surface area contributed by atoms with Crippen LogP contribution in [0.3, 0.4) is 0 Å². The number of benzene rings is 2. The zero-order chi connectivity index (χ0) is 19.4. The van der Waals surface area contributed by atoms with E-state index in [1.54, 1.807) is 31.2 Å². The van der Waals surface area contributed by atoms with E-state index in [2.05, 4.69) is 4.98 Å². The molecular formula is C20H20N2O5. The van der Waals surface area contributed by atoms with Crippen LogP contribution in [0, 0.1) is 0 Å². The summed E-state index contributed by atoms with van der Waals surface area (Å²) in [7, 11) is 0. The van der Waals surface area contributed by atoms with E-state index in [4.69, 9.17) is 9.47 Å². The molecule has 3 aromatic rings. The molecule has 1 aromatic heterocycles. The van der Waals surface area contributed by atoms with Gasteiger partial charge in [-0.15, -0.1) is 0 Å². The minimum atomic E-state index is -0.584. The molecule has 0 bridgehead atoms. The van der Waals surface area contributed by atoms with Crippen LogP contribution in [0.25, 0.3) is 10.9 Å². The van der Waals surface area contributed by atoms with Crippen molar-refractivity contribution in [2.24, 2.45) is 0 Å². The van der Waals surface area contributed by atoms with Gasteiger partial charge in [0.15, 0.2) is 0 Å². The van der Waals surface area contributed by atoms with Crippen molar-refractivity contribution in [3.63, 3.8) is 0 Å². The largest absolute Gasteiger partial charge is 0.494 e. The zero-order valence-electron chi connectivity index (χ0n) is 15.2. The lowest BCUT2D eigenvalue weighted by Crippen LogP contribution is -2.34. The molecule has 7 nitrogen and oxygen atoms in total. The van der Waals surface area contributed by atoms with Gasteiger partial charge in [0.2, 0.25) is 0 Å². The predicted octanol–water partition coefficient (Wildman–Crippen LogP) is 2.72. The number of nitrogens with one attached hydrogen (secondary N) is 1. The minimum Gasteiger partial charge on any atom is -0.494 e. The number of hydrogen-bond acceptors (Lipinski definition) is 5. The molecule has 0 amide bonds. The van der Waals surface area contributed by atoms with Crippen molar-refractivity contribution in [1.29, 1.82) is 0 Å². The second-order valence-corrected chi connectivity index (χ2v) is 5.95. The summed E-state index contributed by atoms with van der Waals surface area (Å²) in [5.41, 5.74) is -0.368. The van der Waals surface area contributed by atoms with Gasteiger partial charge < -0.3 is 14.5 Å². The van der Waals surface area contributed by atoms with Crippen molar-refractivity contribution in [2.75, 3.05) is 6.61 Å². The number of fused-ring (bicyclic) bond motifs is 1. The number of ether oxygens (including phenoxy) is 2. The number of carbonyl (C=O) groups is 1. The standard InChI is InChI=1S/C20H20N2O5/c1-3-11-26-14-6-8-15(9-7-14)27-19(24)13-5-10-16-17(12-13)21-20(25)22(4-2)18(16)23/h5-10,12H,3-4,11H2,1-2H3,(H,21,25). The van der Waals surface area contributed by atoms with Crippen molar-refractivity contribution in [3.8, 4) is 11.5 Å². The first-order valence-corrected chi connectivity index (χ1v) is 8.75. The van der Waals surface area contributed by atoms with Crippen LogP contribution in [0.4, 0.5) is 0 Å². The highest BCUT2D eigenvalue weighted by Crippen LogP contribution is 2.19. The Bertz CT molecular complexity index is 1080. The average molecular weight is 368 g/mol. The molecule has 0 spiro atoms. The Morgan fingerprint density at radius 2 is 1.74 bits per heavy atom. The van der Waals surface area contributed by atoms with Crippen LogP contribution in [0.1, 0.15) is 30.6 Å². The van der Waals surface area contributed by atoms with Crippen molar-refractivity contribution in [2.45, 2.75) is 26.8 Å². The zero-order valence-corrected chi connectivity index (χ0v) is 15.2. The number of esters is 1. The van der Waals surface area contributed by atoms with Crippen LogP contribution in [0.2, 0.25) is 0 Å². The topological polar surface area (TPSA) is 90.4 Å². The van der Waals surface area contributed by atoms with E-state index in [0.717, 1.165) is 11.0 Å². The van der Waals surface area contributed by atoms with E-state index in [1.807, 2.05) is 6.92 Å². The third-order valence-electron chi connectivity index (χ3n) is 4.04. The van der Waals surface area contributed by atoms with Crippen molar-refractivity contribution >= 4 is 16.9 Å². The maximum Gasteiger partial charge on any atom is 0.343 e. The molecule has 3 rings (SSSR count). The Balaban J connectivity index is 1.83. The molecule has 0 unspecified atom stereocenters. The summed E-state index contributed by atoms with van der Waals surface area (Å²) in [5.74, 6) is 0.491. The lowest BCUT2D eigenvalue weighted by Gasteiger charge is -2.08. The van der Waals surface area contributed by atoms with Gasteiger partial charge >= 0.3 is 11.7 Å². The van der Waals surface area contributed by atoms with Crippen LogP contribution in [0.15, 0.2) is 52.1 Å². The third kappa shape index (κ3) is 3.92. The lowest BCUT2D eigenvalue weighted by molar-refractivity contribution is 0.0734. The summed E-state index contributed by atoms with van der Waals surface area (Å²) in [6, 6.07) is 11.2. The highest BCUT2D eigenvalue weighted by atomic mass is 16.5. The molecule has 0 radical (unpaired) electrons. The first-order chi connectivity index (χ1) is 13.0. The molecule has 0 aliphatic heterocycles. The van der Waals surface area contributed by atoms with E-state index in [-0.39, 0.29) is 17.7 Å². The van der Waals surface area contributed by atoms with E-state index in [1.165, 1.54) is 18.2 Å². The fourth-order valence-electron chi connectivity index (χ4n) is 2.66. The van der Waals surface area contributed by atoms with Gasteiger partial charge in [0.1, 0.15) is 11.5 Å². The SMILES string of the molecule is CCCOc1ccc(OC(=O)c2ccc3c(=O)n(CC)c(=O)[nH]c3c2)cc1. The first-order valence-electron chi connectivity index (χ1n) is 8.75. The van der Waals surface area contributed by atoms with Crippen LogP contribution in [0.5, 0.6) is 11.5 Å². The van der Waals surface area contributed by atoms with Crippen LogP contribution >= 0.6 is 0 Å². The maximum atomic E-state index is 12.4. The van der Waals surface area contributed by atoms with E-state index < -0.39 is 11.7 Å². The van der Waals surface area contributed by atoms with Gasteiger partial charge in [0.25, 0.3) is 5.56 Å². The Labute approximate surface area is 155 Å². The molecule has 140 valence electrons. The summed E-state index contributed by atoms with van der Waals surface area (Å²) < 4.78 is 11.9. The fourth-order valence-corrected chi connectivity index (χ4v) is 2.66. The number of H-pyrrole nitrogens is 1. The molecule has 0 saturated carbocycles. The summed E-state index contributed by atoms with van der Waals surface area (Å²) >= 11 is 0. The Hall–Kier alpha value is -3.35. The van der Waals surface area contributed by atoms with Gasteiger partial charge in [-0.05, 0) is 55.8 Å². The normalized spacial score (nSPS) is 10.7. The average Bonchev–Trinajstić information content (AvgIpc) is 2.67. The van der Waals surface area contributed by atoms with Crippen molar-refractivity contribution in [1.82, 2.24) is 9.55 Å². The van der Waals surface area contributed by atoms with Gasteiger partial charge in [0.05, 0.1) is 23.1 Å². The quantitative estimate of drug-likeness (QED) is 0.534. The van der Waals surface area contributed by atoms with E-state index in [0.29, 0.717) is 29.0 Å². The Morgan fingerprint density at radius 1 is 1.04 bits per heavy atom. The molecule has 0 atom stereocenters. The molecule has 0 aliphatic rings. The summed E-state index contributed by atoms with van der Waals surface area (Å²) in [5, 5.41) is 0.338. The summed E-state index contributed by atoms with van der Waals surface area (Å²) in [6.07, 6.45) is 0.907. The molecule has 0 saturated heterocycles. The molecule has 0 fully saturated rings. The van der Waals surface area contributed by atoms with Gasteiger partial charge in [-0.25, -0.2) is 9.59 Å². The number of rotatable bonds is 6. The Kier molecular flexibility index (Phi) is 5.40. The highest BCUT2D eigenvalue weighted by molar-refractivity contribution is 5.95. The van der Waals surface area contributed by atoms with E-state index >= 15 is 0 Å². The molecule has 0 aliphatic carbocycles. The maximum absolute atomic E-state index is 12.4. The summed E-state index contributed by atoms with van der Waals surface area (Å²) in [4.78, 5) is 39.2. The molecule has 1 heterocycles. The fraction of sp³-hybridized carbons (Fsp3) is 0.250. The van der Waals surface area contributed by atoms with Crippen LogP contribution in [-0.2, 0) is 6.54 Å². The molecular weight excluding hydrogens is 348 g/mol. The summed E-state index contributed by atoms with van der Waals surface area (Å²) in [6.45, 7) is 4.62. The number of hydrogen-bond donors (Lipinski definition) is 1. The second kappa shape index (κ2) is 7.90. The minimum absolute atomic E-state index is 0.234. The van der Waals surface area contributed by atoms with Gasteiger partial charge in [-0.3, -0.25) is 9.36 Å². The molecule has 2 aromatic carbocycles. The number of aromatic nitrogens is 2. The van der Waals surface area contributed by atoms with Crippen molar-refractivity contribution in [3.05, 3.63) is 68.9 Å². The molecule has 27 heavy (non-hydrogen) atoms. The molecule has 1 N–H and O–H groups in total. The predicted molar refractivity (Wildman–Crippen MR) is 102 cm³/mol. The van der Waals surface area contributed by atoms with Crippen LogP contribution in [-0.4, -0.2) is 22.1 Å². The molecule has 7 heteroatoms. The van der Waals surface area contributed by atoms with Gasteiger partial charge in [0, 0.05) is 6.54 Å². The number of aromatic amines is 1. The number of carbonyl (C=O) groups excluding carboxylic acids is 1. The number of nitrogens with zero attached hydrogens (tertiary/aromatic N) is 1. The monoisotopic (exact) mass is 368 g/mol. The Morgan fingerprint density at radius 3 is 2.41 bits per heavy atom. The van der Waals surface area contributed by atoms with Crippen molar-refractivity contribution < 1.29 is 14.3 Å². The van der Waals surface area contributed by atoms with Gasteiger partial charge in [-0.1, -0.05) is 6.92 Å². The lowest BCUT2D eigenvalue weighted by atomic mass is 10.1. The third-order valence-corrected chi connectivity index (χ3v) is 4.04. The van der Waals surface area contributed by atoms with Crippen LogP contribution < -0.4 is 20.7 Å². The van der Waals surface area contributed by atoms with Gasteiger partial charge in [-0.2, -0.15) is 0 Å².